The molecule has 2 amide bonds. The van der Waals surface area contributed by atoms with Crippen LogP contribution in [-0.4, -0.2) is 85.8 Å². The number of anilines is 3. The van der Waals surface area contributed by atoms with Crippen LogP contribution in [0.2, 0.25) is 0 Å². The van der Waals surface area contributed by atoms with Gasteiger partial charge in [-0.1, -0.05) is 0 Å². The maximum atomic E-state index is 12.6. The zero-order chi connectivity index (χ0) is 24.6. The number of carbonyl (C=O) groups is 2. The number of hydrogen-bond donors (Lipinski definition) is 3. The van der Waals surface area contributed by atoms with Crippen molar-refractivity contribution in [3.63, 3.8) is 0 Å². The van der Waals surface area contributed by atoms with Gasteiger partial charge < -0.3 is 25.0 Å². The number of ether oxygens (including phenoxy) is 2. The summed E-state index contributed by atoms with van der Waals surface area (Å²) in [5.41, 5.74) is 2.20. The normalized spacial score (nSPS) is 16.7. The molecule has 3 N–H and O–H groups in total. The first-order valence-corrected chi connectivity index (χ1v) is 11.9. The Hall–Kier alpha value is -3.28. The van der Waals surface area contributed by atoms with Crippen molar-refractivity contribution in [2.24, 2.45) is 0 Å². The predicted molar refractivity (Wildman–Crippen MR) is 132 cm³/mol. The number of morpholine rings is 2. The van der Waals surface area contributed by atoms with Crippen molar-refractivity contribution in [3.8, 4) is 0 Å². The van der Waals surface area contributed by atoms with Crippen molar-refractivity contribution < 1.29 is 19.1 Å². The Morgan fingerprint density at radius 1 is 0.943 bits per heavy atom. The molecular formula is C24H32N6O5. The van der Waals surface area contributed by atoms with Crippen LogP contribution in [0.4, 0.5) is 17.3 Å². The highest BCUT2D eigenvalue weighted by atomic mass is 16.5. The maximum Gasteiger partial charge on any atom is 0.255 e. The van der Waals surface area contributed by atoms with Crippen LogP contribution in [0.15, 0.2) is 29.1 Å². The van der Waals surface area contributed by atoms with E-state index in [0.29, 0.717) is 81.1 Å². The van der Waals surface area contributed by atoms with Gasteiger partial charge in [0.2, 0.25) is 17.8 Å². The molecular weight excluding hydrogens is 452 g/mol. The van der Waals surface area contributed by atoms with E-state index in [2.05, 4.69) is 20.6 Å². The standard InChI is InChI=1S/C24H32N6O5/c1-17-20(23(33)28-24(25-17)30-10-14-35-15-11-30)6-7-21(31)26-18-2-4-19(5-3-18)27-22(32)16-29-8-12-34-13-9-29/h2-5H,6-16H2,1H3,(H,26,31)(H,27,32)(H,25,28,33). The number of nitrogens with zero attached hydrogens (tertiary/aromatic N) is 3. The van der Waals surface area contributed by atoms with Crippen molar-refractivity contribution in [3.05, 3.63) is 45.9 Å². The summed E-state index contributed by atoms with van der Waals surface area (Å²) in [6.07, 6.45) is 0.444. The fourth-order valence-corrected chi connectivity index (χ4v) is 4.08. The second kappa shape index (κ2) is 11.9. The Labute approximate surface area is 203 Å². The van der Waals surface area contributed by atoms with Crippen molar-refractivity contribution in [1.82, 2.24) is 14.9 Å². The number of carbonyl (C=O) groups excluding carboxylic acids is 2. The first-order chi connectivity index (χ1) is 17.0. The van der Waals surface area contributed by atoms with Crippen molar-refractivity contribution in [1.29, 1.82) is 0 Å². The number of H-pyrrole nitrogens is 1. The molecule has 1 aromatic carbocycles. The molecule has 0 atom stereocenters. The molecule has 1 aromatic heterocycles. The fraction of sp³-hybridized carbons (Fsp3) is 0.500. The van der Waals surface area contributed by atoms with Gasteiger partial charge in [-0.15, -0.1) is 0 Å². The van der Waals surface area contributed by atoms with Crippen molar-refractivity contribution in [2.75, 3.05) is 74.7 Å². The Balaban J connectivity index is 1.25. The number of aromatic nitrogens is 2. The number of rotatable bonds is 8. The number of hydrogen-bond acceptors (Lipinski definition) is 8. The van der Waals surface area contributed by atoms with E-state index >= 15 is 0 Å². The van der Waals surface area contributed by atoms with E-state index in [9.17, 15) is 14.4 Å². The molecule has 0 aliphatic carbocycles. The zero-order valence-corrected chi connectivity index (χ0v) is 20.0. The lowest BCUT2D eigenvalue weighted by Crippen LogP contribution is -2.41. The third-order valence-corrected chi connectivity index (χ3v) is 6.05. The SMILES string of the molecule is Cc1nc(N2CCOCC2)[nH]c(=O)c1CCC(=O)Nc1ccc(NC(=O)CN2CCOCC2)cc1. The molecule has 2 saturated heterocycles. The lowest BCUT2D eigenvalue weighted by atomic mass is 10.1. The van der Waals surface area contributed by atoms with Crippen LogP contribution >= 0.6 is 0 Å². The molecule has 2 fully saturated rings. The highest BCUT2D eigenvalue weighted by molar-refractivity contribution is 5.93. The van der Waals surface area contributed by atoms with Gasteiger partial charge in [0.25, 0.3) is 5.56 Å². The average molecular weight is 485 g/mol. The summed E-state index contributed by atoms with van der Waals surface area (Å²) >= 11 is 0. The van der Waals surface area contributed by atoms with Gasteiger partial charge in [0, 0.05) is 55.2 Å². The van der Waals surface area contributed by atoms with E-state index in [4.69, 9.17) is 9.47 Å². The summed E-state index contributed by atoms with van der Waals surface area (Å²) in [6.45, 7) is 7.47. The molecule has 11 nitrogen and oxygen atoms in total. The molecule has 0 saturated carbocycles. The Morgan fingerprint density at radius 2 is 1.51 bits per heavy atom. The first-order valence-electron chi connectivity index (χ1n) is 11.9. The smallest absolute Gasteiger partial charge is 0.255 e. The van der Waals surface area contributed by atoms with Gasteiger partial charge in [-0.3, -0.25) is 24.3 Å². The largest absolute Gasteiger partial charge is 0.379 e. The molecule has 188 valence electrons. The minimum absolute atomic E-state index is 0.0856. The Kier molecular flexibility index (Phi) is 8.45. The van der Waals surface area contributed by atoms with Crippen LogP contribution in [0, 0.1) is 6.92 Å². The van der Waals surface area contributed by atoms with Gasteiger partial charge in [-0.2, -0.15) is 0 Å². The van der Waals surface area contributed by atoms with E-state index in [1.54, 1.807) is 31.2 Å². The van der Waals surface area contributed by atoms with E-state index in [1.165, 1.54) is 0 Å². The monoisotopic (exact) mass is 484 g/mol. The number of aryl methyl sites for hydroxylation is 1. The van der Waals surface area contributed by atoms with Crippen molar-refractivity contribution in [2.45, 2.75) is 19.8 Å². The Bertz CT molecular complexity index is 1070. The lowest BCUT2D eigenvalue weighted by Gasteiger charge is -2.27. The molecule has 4 rings (SSSR count). The fourth-order valence-electron chi connectivity index (χ4n) is 4.08. The molecule has 0 spiro atoms. The number of benzene rings is 1. The molecule has 35 heavy (non-hydrogen) atoms. The Morgan fingerprint density at radius 3 is 2.11 bits per heavy atom. The second-order valence-electron chi connectivity index (χ2n) is 8.62. The van der Waals surface area contributed by atoms with Crippen LogP contribution in [-0.2, 0) is 25.5 Å². The second-order valence-corrected chi connectivity index (χ2v) is 8.62. The molecule has 11 heteroatoms. The van der Waals surface area contributed by atoms with Gasteiger partial charge in [0.1, 0.15) is 0 Å². The predicted octanol–water partition coefficient (Wildman–Crippen LogP) is 0.757. The number of amides is 2. The number of aromatic amines is 1. The van der Waals surface area contributed by atoms with Crippen LogP contribution < -0.4 is 21.1 Å². The quantitative estimate of drug-likeness (QED) is 0.501. The van der Waals surface area contributed by atoms with Gasteiger partial charge in [0.05, 0.1) is 33.0 Å². The zero-order valence-electron chi connectivity index (χ0n) is 20.0. The van der Waals surface area contributed by atoms with Crippen molar-refractivity contribution >= 4 is 29.1 Å². The number of nitrogens with one attached hydrogen (secondary N) is 3. The van der Waals surface area contributed by atoms with E-state index in [-0.39, 0.29) is 23.8 Å². The molecule has 0 radical (unpaired) electrons. The average Bonchev–Trinajstić information content (AvgIpc) is 2.86. The van der Waals surface area contributed by atoms with Crippen LogP contribution in [0.5, 0.6) is 0 Å². The highest BCUT2D eigenvalue weighted by Gasteiger charge is 2.17. The summed E-state index contributed by atoms with van der Waals surface area (Å²) in [6, 6.07) is 6.96. The van der Waals surface area contributed by atoms with Gasteiger partial charge in [-0.25, -0.2) is 4.98 Å². The molecule has 0 unspecified atom stereocenters. The van der Waals surface area contributed by atoms with Gasteiger partial charge in [-0.05, 0) is 37.6 Å². The summed E-state index contributed by atoms with van der Waals surface area (Å²) in [4.78, 5) is 48.7. The van der Waals surface area contributed by atoms with E-state index < -0.39 is 0 Å². The summed E-state index contributed by atoms with van der Waals surface area (Å²) in [5.74, 6) is 0.254. The summed E-state index contributed by atoms with van der Waals surface area (Å²) < 4.78 is 10.6. The highest BCUT2D eigenvalue weighted by Crippen LogP contribution is 2.15. The third kappa shape index (κ3) is 7.10. The van der Waals surface area contributed by atoms with E-state index in [0.717, 1.165) is 13.1 Å². The minimum atomic E-state index is -0.219. The molecule has 0 bridgehead atoms. The molecule has 2 aromatic rings. The third-order valence-electron chi connectivity index (χ3n) is 6.05. The summed E-state index contributed by atoms with van der Waals surface area (Å²) in [7, 11) is 0. The first kappa shape index (κ1) is 24.8. The minimum Gasteiger partial charge on any atom is -0.379 e. The molecule has 2 aliphatic rings. The summed E-state index contributed by atoms with van der Waals surface area (Å²) in [5, 5.41) is 5.70. The molecule has 3 heterocycles. The van der Waals surface area contributed by atoms with Gasteiger partial charge in [0.15, 0.2) is 0 Å². The van der Waals surface area contributed by atoms with Crippen LogP contribution in [0.3, 0.4) is 0 Å². The lowest BCUT2D eigenvalue weighted by molar-refractivity contribution is -0.118. The maximum absolute atomic E-state index is 12.6. The van der Waals surface area contributed by atoms with Crippen LogP contribution in [0.1, 0.15) is 17.7 Å². The van der Waals surface area contributed by atoms with Crippen LogP contribution in [0.25, 0.3) is 0 Å². The topological polar surface area (TPSA) is 129 Å². The molecule has 2 aliphatic heterocycles. The van der Waals surface area contributed by atoms with E-state index in [1.807, 2.05) is 9.80 Å². The van der Waals surface area contributed by atoms with Gasteiger partial charge >= 0.3 is 0 Å².